The third-order valence-electron chi connectivity index (χ3n) is 3.95. The molecule has 1 aromatic carbocycles. The Bertz CT molecular complexity index is 651. The number of ether oxygens (including phenoxy) is 1. The highest BCUT2D eigenvalue weighted by Crippen LogP contribution is 2.26. The zero-order valence-corrected chi connectivity index (χ0v) is 12.8. The smallest absolute Gasteiger partial charge is 0.226 e. The van der Waals surface area contributed by atoms with Crippen LogP contribution in [0.4, 0.5) is 0 Å². The van der Waals surface area contributed by atoms with Gasteiger partial charge in [0.25, 0.3) is 0 Å². The first-order valence-electron chi connectivity index (χ1n) is 7.68. The van der Waals surface area contributed by atoms with E-state index >= 15 is 0 Å². The molecule has 1 unspecified atom stereocenters. The predicted octanol–water partition coefficient (Wildman–Crippen LogP) is 1.72. The van der Waals surface area contributed by atoms with Gasteiger partial charge in [0.15, 0.2) is 0 Å². The average Bonchev–Trinajstić information content (AvgIpc) is 2.96. The molecule has 0 saturated carbocycles. The van der Waals surface area contributed by atoms with Gasteiger partial charge in [-0.3, -0.25) is 9.48 Å². The summed E-state index contributed by atoms with van der Waals surface area (Å²) >= 11 is 0. The monoisotopic (exact) mass is 299 g/mol. The molecule has 2 aromatic rings. The number of carbonyl (C=O) groups is 1. The van der Waals surface area contributed by atoms with E-state index in [4.69, 9.17) is 4.74 Å². The molecule has 1 amide bonds. The summed E-state index contributed by atoms with van der Waals surface area (Å²) in [6.07, 6.45) is 6.48. The maximum atomic E-state index is 12.2. The van der Waals surface area contributed by atoms with Crippen molar-refractivity contribution >= 4 is 5.91 Å². The molecular weight excluding hydrogens is 278 g/mol. The van der Waals surface area contributed by atoms with Crippen molar-refractivity contribution in [3.05, 3.63) is 47.8 Å². The first-order chi connectivity index (χ1) is 10.7. The van der Waals surface area contributed by atoms with Crippen molar-refractivity contribution in [3.8, 4) is 5.75 Å². The second-order valence-corrected chi connectivity index (χ2v) is 5.74. The maximum Gasteiger partial charge on any atom is 0.226 e. The number of amides is 1. The van der Waals surface area contributed by atoms with Crippen LogP contribution in [0.1, 0.15) is 17.5 Å². The summed E-state index contributed by atoms with van der Waals surface area (Å²) in [5.74, 6) is 0.900. The number of nitrogens with one attached hydrogen (secondary N) is 1. The molecule has 1 aromatic heterocycles. The molecule has 5 heteroatoms. The number of fused-ring (bicyclic) bond motifs is 1. The third kappa shape index (κ3) is 3.47. The predicted molar refractivity (Wildman–Crippen MR) is 83.7 cm³/mol. The second kappa shape index (κ2) is 6.64. The molecule has 1 N–H and O–H groups in total. The molecule has 5 nitrogen and oxygen atoms in total. The summed E-state index contributed by atoms with van der Waals surface area (Å²) in [4.78, 5) is 12.2. The van der Waals surface area contributed by atoms with Crippen LogP contribution in [0, 0.1) is 5.92 Å². The molecule has 116 valence electrons. The summed E-state index contributed by atoms with van der Waals surface area (Å²) in [6.45, 7) is 1.15. The fourth-order valence-electron chi connectivity index (χ4n) is 2.75. The van der Waals surface area contributed by atoms with E-state index in [0.29, 0.717) is 13.2 Å². The maximum absolute atomic E-state index is 12.2. The van der Waals surface area contributed by atoms with Crippen molar-refractivity contribution in [2.45, 2.75) is 19.3 Å². The van der Waals surface area contributed by atoms with Gasteiger partial charge < -0.3 is 10.1 Å². The van der Waals surface area contributed by atoms with Crippen LogP contribution in [-0.2, 0) is 24.7 Å². The number of rotatable bonds is 5. The Morgan fingerprint density at radius 1 is 1.45 bits per heavy atom. The molecule has 22 heavy (non-hydrogen) atoms. The van der Waals surface area contributed by atoms with Crippen LogP contribution in [0.3, 0.4) is 0 Å². The van der Waals surface area contributed by atoms with Crippen LogP contribution in [0.5, 0.6) is 5.75 Å². The van der Waals surface area contributed by atoms with E-state index in [9.17, 15) is 4.79 Å². The van der Waals surface area contributed by atoms with Crippen molar-refractivity contribution in [2.75, 3.05) is 13.2 Å². The lowest BCUT2D eigenvalue weighted by atomic mass is 9.96. The highest BCUT2D eigenvalue weighted by Gasteiger charge is 2.25. The topological polar surface area (TPSA) is 56.2 Å². The number of para-hydroxylation sites is 1. The van der Waals surface area contributed by atoms with Crippen LogP contribution in [0.2, 0.25) is 0 Å². The molecule has 2 heterocycles. The van der Waals surface area contributed by atoms with Crippen molar-refractivity contribution < 1.29 is 9.53 Å². The van der Waals surface area contributed by atoms with E-state index in [1.165, 1.54) is 5.56 Å². The lowest BCUT2D eigenvalue weighted by Crippen LogP contribution is -2.37. The van der Waals surface area contributed by atoms with Gasteiger partial charge in [0.1, 0.15) is 12.4 Å². The van der Waals surface area contributed by atoms with Gasteiger partial charge in [0, 0.05) is 19.8 Å². The molecule has 0 radical (unpaired) electrons. The van der Waals surface area contributed by atoms with E-state index in [-0.39, 0.29) is 11.8 Å². The molecule has 3 rings (SSSR count). The Hall–Kier alpha value is -2.30. The second-order valence-electron chi connectivity index (χ2n) is 5.74. The highest BCUT2D eigenvalue weighted by atomic mass is 16.5. The van der Waals surface area contributed by atoms with Gasteiger partial charge in [-0.1, -0.05) is 18.2 Å². The lowest BCUT2D eigenvalue weighted by molar-refractivity contribution is -0.126. The Morgan fingerprint density at radius 2 is 2.32 bits per heavy atom. The van der Waals surface area contributed by atoms with Gasteiger partial charge in [0.2, 0.25) is 5.91 Å². The molecule has 0 aliphatic carbocycles. The Morgan fingerprint density at radius 3 is 3.14 bits per heavy atom. The Kier molecular flexibility index (Phi) is 4.42. The first-order valence-corrected chi connectivity index (χ1v) is 7.68. The molecule has 1 aliphatic heterocycles. The van der Waals surface area contributed by atoms with Gasteiger partial charge in [-0.2, -0.15) is 5.10 Å². The summed E-state index contributed by atoms with van der Waals surface area (Å²) in [5.41, 5.74) is 2.32. The molecule has 0 fully saturated rings. The van der Waals surface area contributed by atoms with E-state index in [2.05, 4.69) is 10.4 Å². The number of nitrogens with zero attached hydrogens (tertiary/aromatic N) is 2. The minimum atomic E-state index is -0.0895. The summed E-state index contributed by atoms with van der Waals surface area (Å²) < 4.78 is 7.46. The Labute approximate surface area is 130 Å². The SMILES string of the molecule is Cn1cc(CCCNC(=O)C2COc3ccccc3C2)cn1. The van der Waals surface area contributed by atoms with Crippen LogP contribution < -0.4 is 10.1 Å². The molecular formula is C17H21N3O2. The zero-order valence-electron chi connectivity index (χ0n) is 12.8. The summed E-state index contributed by atoms with van der Waals surface area (Å²) in [7, 11) is 1.91. The number of aromatic nitrogens is 2. The normalized spacial score (nSPS) is 16.7. The molecule has 0 bridgehead atoms. The highest BCUT2D eigenvalue weighted by molar-refractivity contribution is 5.79. The van der Waals surface area contributed by atoms with Crippen LogP contribution in [0.25, 0.3) is 0 Å². The minimum Gasteiger partial charge on any atom is -0.492 e. The van der Waals surface area contributed by atoms with Crippen molar-refractivity contribution in [1.29, 1.82) is 0 Å². The summed E-state index contributed by atoms with van der Waals surface area (Å²) in [6, 6.07) is 7.92. The van der Waals surface area contributed by atoms with E-state index in [1.54, 1.807) is 4.68 Å². The van der Waals surface area contributed by atoms with E-state index in [1.807, 2.05) is 43.7 Å². The zero-order chi connectivity index (χ0) is 15.4. The molecule has 0 spiro atoms. The number of hydrogen-bond acceptors (Lipinski definition) is 3. The van der Waals surface area contributed by atoms with Gasteiger partial charge >= 0.3 is 0 Å². The number of carbonyl (C=O) groups excluding carboxylic acids is 1. The largest absolute Gasteiger partial charge is 0.492 e. The van der Waals surface area contributed by atoms with Gasteiger partial charge in [-0.25, -0.2) is 0 Å². The standard InChI is InChI=1S/C17H21N3O2/c1-20-11-13(10-19-20)5-4-8-18-17(21)15-9-14-6-2-3-7-16(14)22-12-15/h2-3,6-7,10-11,15H,4-5,8-9,12H2,1H3,(H,18,21). The first kappa shape index (κ1) is 14.6. The van der Waals surface area contributed by atoms with Gasteiger partial charge in [0.05, 0.1) is 12.1 Å². The van der Waals surface area contributed by atoms with Gasteiger partial charge in [-0.05, 0) is 36.5 Å². The molecule has 1 aliphatic rings. The van der Waals surface area contributed by atoms with Crippen LogP contribution >= 0.6 is 0 Å². The third-order valence-corrected chi connectivity index (χ3v) is 3.95. The van der Waals surface area contributed by atoms with Gasteiger partial charge in [-0.15, -0.1) is 0 Å². The fraction of sp³-hybridized carbons (Fsp3) is 0.412. The number of aryl methyl sites for hydroxylation is 2. The Balaban J connectivity index is 1.43. The lowest BCUT2D eigenvalue weighted by Gasteiger charge is -2.24. The number of hydrogen-bond donors (Lipinski definition) is 1. The van der Waals surface area contributed by atoms with Crippen molar-refractivity contribution in [1.82, 2.24) is 15.1 Å². The van der Waals surface area contributed by atoms with Crippen molar-refractivity contribution in [2.24, 2.45) is 13.0 Å². The quantitative estimate of drug-likeness (QED) is 0.855. The van der Waals surface area contributed by atoms with E-state index < -0.39 is 0 Å². The average molecular weight is 299 g/mol. The van der Waals surface area contributed by atoms with E-state index in [0.717, 1.165) is 30.6 Å². The number of benzene rings is 1. The minimum absolute atomic E-state index is 0.0840. The molecule has 1 atom stereocenters. The van der Waals surface area contributed by atoms with Crippen molar-refractivity contribution in [3.63, 3.8) is 0 Å². The summed E-state index contributed by atoms with van der Waals surface area (Å²) in [5, 5.41) is 7.15. The van der Waals surface area contributed by atoms with Crippen LogP contribution in [0.15, 0.2) is 36.7 Å². The van der Waals surface area contributed by atoms with Crippen LogP contribution in [-0.4, -0.2) is 28.8 Å². The fourth-order valence-corrected chi connectivity index (χ4v) is 2.75. The molecule has 0 saturated heterocycles.